The van der Waals surface area contributed by atoms with Crippen molar-refractivity contribution in [3.63, 3.8) is 0 Å². The van der Waals surface area contributed by atoms with Crippen LogP contribution in [-0.2, 0) is 0 Å². The van der Waals surface area contributed by atoms with Gasteiger partial charge in [-0.3, -0.25) is 0 Å². The first kappa shape index (κ1) is 14.0. The van der Waals surface area contributed by atoms with Gasteiger partial charge in [-0.2, -0.15) is 0 Å². The van der Waals surface area contributed by atoms with Crippen molar-refractivity contribution >= 4 is 15.9 Å². The maximum absolute atomic E-state index is 3.79. The van der Waals surface area contributed by atoms with E-state index in [0.29, 0.717) is 18.0 Å². The van der Waals surface area contributed by atoms with Gasteiger partial charge in [0.25, 0.3) is 0 Å². The number of benzene rings is 1. The first-order chi connectivity index (χ1) is 8.58. The van der Waals surface area contributed by atoms with E-state index in [-0.39, 0.29) is 0 Å². The molecule has 1 N–H and O–H groups in total. The highest BCUT2D eigenvalue weighted by Gasteiger charge is 2.25. The van der Waals surface area contributed by atoms with Crippen molar-refractivity contribution in [2.45, 2.75) is 32.4 Å². The molecule has 0 aromatic heterocycles. The molecule has 3 unspecified atom stereocenters. The highest BCUT2D eigenvalue weighted by molar-refractivity contribution is 9.10. The van der Waals surface area contributed by atoms with Gasteiger partial charge in [-0.05, 0) is 44.5 Å². The third kappa shape index (κ3) is 3.34. The largest absolute Gasteiger partial charge is 0.307 e. The van der Waals surface area contributed by atoms with Gasteiger partial charge < -0.3 is 10.2 Å². The van der Waals surface area contributed by atoms with Gasteiger partial charge in [-0.25, -0.2) is 0 Å². The van der Waals surface area contributed by atoms with E-state index in [1.165, 1.54) is 29.5 Å². The molecule has 3 heteroatoms. The number of rotatable bonds is 3. The molecular weight excluding hydrogens is 288 g/mol. The van der Waals surface area contributed by atoms with Crippen LogP contribution < -0.4 is 5.32 Å². The predicted molar refractivity (Wildman–Crippen MR) is 80.8 cm³/mol. The summed E-state index contributed by atoms with van der Waals surface area (Å²) in [5.74, 6) is 0.716. The standard InChI is InChI=1S/C15H23BrN2/c1-11-10-18(3)9-8-15(11)17-12(2)13-6-4-5-7-14(13)16/h4-7,11-12,15,17H,8-10H2,1-3H3. The van der Waals surface area contributed by atoms with Gasteiger partial charge in [-0.1, -0.05) is 41.1 Å². The number of piperidine rings is 1. The van der Waals surface area contributed by atoms with E-state index in [0.717, 1.165) is 0 Å². The lowest BCUT2D eigenvalue weighted by Crippen LogP contribution is -2.47. The fourth-order valence-electron chi connectivity index (χ4n) is 2.84. The number of hydrogen-bond acceptors (Lipinski definition) is 2. The zero-order chi connectivity index (χ0) is 13.1. The predicted octanol–water partition coefficient (Wildman–Crippen LogP) is 3.44. The third-order valence-electron chi connectivity index (χ3n) is 3.94. The van der Waals surface area contributed by atoms with Crippen molar-refractivity contribution in [3.8, 4) is 0 Å². The fourth-order valence-corrected chi connectivity index (χ4v) is 3.47. The Labute approximate surface area is 119 Å². The van der Waals surface area contributed by atoms with E-state index in [1.807, 2.05) is 0 Å². The molecule has 1 fully saturated rings. The lowest BCUT2D eigenvalue weighted by Gasteiger charge is -2.37. The van der Waals surface area contributed by atoms with Crippen LogP contribution >= 0.6 is 15.9 Å². The number of hydrogen-bond donors (Lipinski definition) is 1. The summed E-state index contributed by atoms with van der Waals surface area (Å²) in [6, 6.07) is 9.52. The Morgan fingerprint density at radius 1 is 1.39 bits per heavy atom. The zero-order valence-corrected chi connectivity index (χ0v) is 13.1. The Bertz CT molecular complexity index is 394. The summed E-state index contributed by atoms with van der Waals surface area (Å²) >= 11 is 3.64. The van der Waals surface area contributed by atoms with Crippen molar-refractivity contribution in [2.75, 3.05) is 20.1 Å². The summed E-state index contributed by atoms with van der Waals surface area (Å²) < 4.78 is 1.20. The van der Waals surface area contributed by atoms with Crippen LogP contribution in [0.4, 0.5) is 0 Å². The third-order valence-corrected chi connectivity index (χ3v) is 4.67. The van der Waals surface area contributed by atoms with Crippen LogP contribution in [0.25, 0.3) is 0 Å². The molecule has 1 aliphatic heterocycles. The minimum Gasteiger partial charge on any atom is -0.307 e. The molecule has 0 radical (unpaired) electrons. The van der Waals surface area contributed by atoms with Crippen molar-refractivity contribution in [2.24, 2.45) is 5.92 Å². The summed E-state index contributed by atoms with van der Waals surface area (Å²) in [4.78, 5) is 2.42. The minimum absolute atomic E-state index is 0.399. The topological polar surface area (TPSA) is 15.3 Å². The molecular formula is C15H23BrN2. The van der Waals surface area contributed by atoms with Gasteiger partial charge in [0.1, 0.15) is 0 Å². The number of likely N-dealkylation sites (tertiary alicyclic amines) is 1. The van der Waals surface area contributed by atoms with Crippen molar-refractivity contribution in [1.82, 2.24) is 10.2 Å². The van der Waals surface area contributed by atoms with Crippen LogP contribution in [-0.4, -0.2) is 31.1 Å². The Balaban J connectivity index is 1.99. The molecule has 0 aliphatic carbocycles. The van der Waals surface area contributed by atoms with Gasteiger partial charge in [0, 0.05) is 23.1 Å². The molecule has 1 aromatic carbocycles. The van der Waals surface area contributed by atoms with Crippen LogP contribution in [0.2, 0.25) is 0 Å². The Morgan fingerprint density at radius 2 is 2.11 bits per heavy atom. The van der Waals surface area contributed by atoms with Crippen molar-refractivity contribution in [1.29, 1.82) is 0 Å². The minimum atomic E-state index is 0.399. The highest BCUT2D eigenvalue weighted by Crippen LogP contribution is 2.25. The van der Waals surface area contributed by atoms with Gasteiger partial charge in [0.05, 0.1) is 0 Å². The molecule has 2 nitrogen and oxygen atoms in total. The normalized spacial score (nSPS) is 27.1. The summed E-state index contributed by atoms with van der Waals surface area (Å²) in [5, 5.41) is 3.79. The zero-order valence-electron chi connectivity index (χ0n) is 11.5. The van der Waals surface area contributed by atoms with Crippen LogP contribution in [0.5, 0.6) is 0 Å². The quantitative estimate of drug-likeness (QED) is 0.920. The molecule has 0 amide bonds. The second kappa shape index (κ2) is 6.18. The van der Waals surface area contributed by atoms with Crippen LogP contribution in [0.3, 0.4) is 0 Å². The lowest BCUT2D eigenvalue weighted by molar-refractivity contribution is 0.168. The van der Waals surface area contributed by atoms with E-state index >= 15 is 0 Å². The SMILES string of the molecule is CC(NC1CCN(C)CC1C)c1ccccc1Br. The van der Waals surface area contributed by atoms with E-state index in [2.05, 4.69) is 71.3 Å². The smallest absolute Gasteiger partial charge is 0.0305 e. The lowest BCUT2D eigenvalue weighted by atomic mass is 9.93. The summed E-state index contributed by atoms with van der Waals surface area (Å²) in [6.45, 7) is 7.00. The average Bonchev–Trinajstić information content (AvgIpc) is 2.33. The molecule has 1 aliphatic rings. The van der Waals surface area contributed by atoms with Crippen LogP contribution in [0, 0.1) is 5.92 Å². The second-order valence-electron chi connectivity index (χ2n) is 5.54. The number of nitrogens with zero attached hydrogens (tertiary/aromatic N) is 1. The molecule has 1 aromatic rings. The summed E-state index contributed by atoms with van der Waals surface area (Å²) in [7, 11) is 2.21. The Hall–Kier alpha value is -0.380. The monoisotopic (exact) mass is 310 g/mol. The van der Waals surface area contributed by atoms with E-state index < -0.39 is 0 Å². The van der Waals surface area contributed by atoms with Crippen LogP contribution in [0.1, 0.15) is 31.9 Å². The molecule has 3 atom stereocenters. The fraction of sp³-hybridized carbons (Fsp3) is 0.600. The van der Waals surface area contributed by atoms with Gasteiger partial charge >= 0.3 is 0 Å². The first-order valence-electron chi connectivity index (χ1n) is 6.77. The second-order valence-corrected chi connectivity index (χ2v) is 6.40. The molecule has 1 heterocycles. The van der Waals surface area contributed by atoms with Crippen molar-refractivity contribution < 1.29 is 0 Å². The molecule has 1 saturated heterocycles. The van der Waals surface area contributed by atoms with E-state index in [9.17, 15) is 0 Å². The molecule has 18 heavy (non-hydrogen) atoms. The molecule has 0 saturated carbocycles. The summed E-state index contributed by atoms with van der Waals surface area (Å²) in [6.07, 6.45) is 1.24. The maximum Gasteiger partial charge on any atom is 0.0305 e. The number of halogens is 1. The van der Waals surface area contributed by atoms with Crippen LogP contribution in [0.15, 0.2) is 28.7 Å². The number of nitrogens with one attached hydrogen (secondary N) is 1. The average molecular weight is 311 g/mol. The maximum atomic E-state index is 3.79. The summed E-state index contributed by atoms with van der Waals surface area (Å²) in [5.41, 5.74) is 1.35. The van der Waals surface area contributed by atoms with Gasteiger partial charge in [0.2, 0.25) is 0 Å². The first-order valence-corrected chi connectivity index (χ1v) is 7.56. The molecule has 0 spiro atoms. The molecule has 0 bridgehead atoms. The van der Waals surface area contributed by atoms with E-state index in [4.69, 9.17) is 0 Å². The van der Waals surface area contributed by atoms with Gasteiger partial charge in [0.15, 0.2) is 0 Å². The molecule has 2 rings (SSSR count). The van der Waals surface area contributed by atoms with Gasteiger partial charge in [-0.15, -0.1) is 0 Å². The Morgan fingerprint density at radius 3 is 2.78 bits per heavy atom. The van der Waals surface area contributed by atoms with E-state index in [1.54, 1.807) is 0 Å². The Kier molecular flexibility index (Phi) is 4.82. The molecule has 100 valence electrons. The van der Waals surface area contributed by atoms with Crippen molar-refractivity contribution in [3.05, 3.63) is 34.3 Å². The highest BCUT2D eigenvalue weighted by atomic mass is 79.9.